The third kappa shape index (κ3) is 3.38. The summed E-state index contributed by atoms with van der Waals surface area (Å²) >= 11 is 0. The van der Waals surface area contributed by atoms with Gasteiger partial charge in [-0.2, -0.15) is 0 Å². The normalized spacial score (nSPS) is 19.1. The van der Waals surface area contributed by atoms with Crippen LogP contribution in [-0.2, 0) is 6.54 Å². The van der Waals surface area contributed by atoms with Crippen molar-refractivity contribution in [2.75, 3.05) is 18.9 Å². The number of nitrogens with one attached hydrogen (secondary N) is 2. The van der Waals surface area contributed by atoms with E-state index in [2.05, 4.69) is 35.8 Å². The molecule has 2 aliphatic rings. The van der Waals surface area contributed by atoms with Crippen molar-refractivity contribution < 1.29 is 4.79 Å². The molecule has 1 saturated carbocycles. The van der Waals surface area contributed by atoms with Crippen LogP contribution in [0.3, 0.4) is 0 Å². The van der Waals surface area contributed by atoms with Crippen LogP contribution >= 0.6 is 0 Å². The molecule has 0 radical (unpaired) electrons. The molecule has 1 aliphatic heterocycles. The number of carbonyl (C=O) groups excluding carboxylic acids is 1. The summed E-state index contributed by atoms with van der Waals surface area (Å²) in [5.74, 6) is 0.901. The van der Waals surface area contributed by atoms with E-state index >= 15 is 0 Å². The minimum Gasteiger partial charge on any atom is -0.323 e. The number of hydrogen-bond donors (Lipinski definition) is 2. The van der Waals surface area contributed by atoms with E-state index in [1.165, 1.54) is 30.4 Å². The van der Waals surface area contributed by atoms with E-state index in [9.17, 15) is 4.79 Å². The lowest BCUT2D eigenvalue weighted by atomic mass is 9.97. The Balaban J connectivity index is 1.79. The Kier molecular flexibility index (Phi) is 4.15. The summed E-state index contributed by atoms with van der Waals surface area (Å²) in [7, 11) is 1.84. The average molecular weight is 287 g/mol. The highest BCUT2D eigenvalue weighted by Gasteiger charge is 2.27. The Bertz CT molecular complexity index is 525. The van der Waals surface area contributed by atoms with Crippen molar-refractivity contribution in [3.8, 4) is 0 Å². The van der Waals surface area contributed by atoms with Crippen molar-refractivity contribution in [2.45, 2.75) is 45.2 Å². The van der Waals surface area contributed by atoms with Gasteiger partial charge in [0.25, 0.3) is 0 Å². The summed E-state index contributed by atoms with van der Waals surface area (Å²) in [6.45, 7) is 3.96. The van der Waals surface area contributed by atoms with Crippen LogP contribution in [-0.4, -0.2) is 24.5 Å². The zero-order valence-electron chi connectivity index (χ0n) is 13.0. The monoisotopic (exact) mass is 287 g/mol. The Morgan fingerprint density at radius 1 is 1.43 bits per heavy atom. The van der Waals surface area contributed by atoms with Crippen LogP contribution < -0.4 is 10.6 Å². The van der Waals surface area contributed by atoms with E-state index in [0.29, 0.717) is 12.6 Å². The standard InChI is InChI=1S/C17H25N3O/c1-3-8-18-16(9-12-4-5-12)13-6-7-15-14(10-13)11-20(2)17(21)19-15/h6-7,10,12,16,18H,3-5,8-9,11H2,1-2H3,(H,19,21). The van der Waals surface area contributed by atoms with Crippen molar-refractivity contribution in [3.05, 3.63) is 29.3 Å². The second-order valence-corrected chi connectivity index (χ2v) is 6.39. The number of anilines is 1. The molecular formula is C17H25N3O. The van der Waals surface area contributed by atoms with Gasteiger partial charge < -0.3 is 15.5 Å². The molecule has 4 nitrogen and oxygen atoms in total. The molecule has 21 heavy (non-hydrogen) atoms. The van der Waals surface area contributed by atoms with Crippen LogP contribution in [0.5, 0.6) is 0 Å². The Labute approximate surface area is 126 Å². The molecule has 1 aromatic rings. The second-order valence-electron chi connectivity index (χ2n) is 6.39. The van der Waals surface area contributed by atoms with E-state index in [1.54, 1.807) is 4.90 Å². The van der Waals surface area contributed by atoms with E-state index in [0.717, 1.165) is 24.6 Å². The molecule has 4 heteroatoms. The van der Waals surface area contributed by atoms with Gasteiger partial charge in [-0.3, -0.25) is 0 Å². The molecule has 0 saturated heterocycles. The van der Waals surface area contributed by atoms with Crippen molar-refractivity contribution >= 4 is 11.7 Å². The number of urea groups is 1. The summed E-state index contributed by atoms with van der Waals surface area (Å²) in [6.07, 6.45) is 5.16. The number of hydrogen-bond acceptors (Lipinski definition) is 2. The summed E-state index contributed by atoms with van der Waals surface area (Å²) in [5.41, 5.74) is 3.54. The maximum Gasteiger partial charge on any atom is 0.321 e. The van der Waals surface area contributed by atoms with Gasteiger partial charge in [0.05, 0.1) is 0 Å². The molecule has 1 unspecified atom stereocenters. The first kappa shape index (κ1) is 14.4. The van der Waals surface area contributed by atoms with E-state index < -0.39 is 0 Å². The van der Waals surface area contributed by atoms with Gasteiger partial charge in [0.1, 0.15) is 0 Å². The van der Waals surface area contributed by atoms with Crippen LogP contribution in [0.2, 0.25) is 0 Å². The van der Waals surface area contributed by atoms with E-state index in [1.807, 2.05) is 7.05 Å². The maximum absolute atomic E-state index is 11.7. The molecule has 2 amide bonds. The Morgan fingerprint density at radius 3 is 2.95 bits per heavy atom. The molecule has 0 spiro atoms. The van der Waals surface area contributed by atoms with Crippen LogP contribution in [0.15, 0.2) is 18.2 Å². The number of rotatable bonds is 6. The topological polar surface area (TPSA) is 44.4 Å². The van der Waals surface area contributed by atoms with Gasteiger partial charge in [-0.15, -0.1) is 0 Å². The summed E-state index contributed by atoms with van der Waals surface area (Å²) in [4.78, 5) is 13.4. The van der Waals surface area contributed by atoms with Gasteiger partial charge in [-0.25, -0.2) is 4.79 Å². The number of carbonyl (C=O) groups is 1. The van der Waals surface area contributed by atoms with E-state index in [-0.39, 0.29) is 6.03 Å². The van der Waals surface area contributed by atoms with E-state index in [4.69, 9.17) is 0 Å². The molecule has 1 heterocycles. The maximum atomic E-state index is 11.7. The van der Waals surface area contributed by atoms with Crippen molar-refractivity contribution in [2.24, 2.45) is 5.92 Å². The highest BCUT2D eigenvalue weighted by atomic mass is 16.2. The smallest absolute Gasteiger partial charge is 0.321 e. The molecule has 1 atom stereocenters. The quantitative estimate of drug-likeness (QED) is 0.841. The summed E-state index contributed by atoms with van der Waals surface area (Å²) in [6, 6.07) is 6.92. The minimum atomic E-state index is -0.0195. The first-order valence-electron chi connectivity index (χ1n) is 8.05. The molecular weight excluding hydrogens is 262 g/mol. The molecule has 2 N–H and O–H groups in total. The zero-order chi connectivity index (χ0) is 14.8. The zero-order valence-corrected chi connectivity index (χ0v) is 13.0. The van der Waals surface area contributed by atoms with Crippen LogP contribution in [0.4, 0.5) is 10.5 Å². The van der Waals surface area contributed by atoms with Gasteiger partial charge >= 0.3 is 6.03 Å². The molecule has 114 valence electrons. The molecule has 3 rings (SSSR count). The fourth-order valence-corrected chi connectivity index (χ4v) is 2.96. The number of nitrogens with zero attached hydrogens (tertiary/aromatic N) is 1. The van der Waals surface area contributed by atoms with Gasteiger partial charge in [0.2, 0.25) is 0 Å². The van der Waals surface area contributed by atoms with Gasteiger partial charge in [-0.05, 0) is 42.5 Å². The minimum absolute atomic E-state index is 0.0195. The summed E-state index contributed by atoms with van der Waals surface area (Å²) in [5, 5.41) is 6.62. The molecule has 1 aliphatic carbocycles. The Hall–Kier alpha value is -1.55. The molecule has 0 bridgehead atoms. The van der Waals surface area contributed by atoms with Crippen molar-refractivity contribution in [1.29, 1.82) is 0 Å². The predicted octanol–water partition coefficient (Wildman–Crippen LogP) is 3.50. The number of benzene rings is 1. The number of fused-ring (bicyclic) bond motifs is 1. The predicted molar refractivity (Wildman–Crippen MR) is 85.3 cm³/mol. The largest absolute Gasteiger partial charge is 0.323 e. The van der Waals surface area contributed by atoms with Crippen LogP contribution in [0.25, 0.3) is 0 Å². The van der Waals surface area contributed by atoms with Gasteiger partial charge in [0, 0.05) is 25.3 Å². The van der Waals surface area contributed by atoms with Crippen molar-refractivity contribution in [3.63, 3.8) is 0 Å². The third-order valence-corrected chi connectivity index (χ3v) is 4.43. The SMILES string of the molecule is CCCNC(CC1CC1)c1ccc2c(c1)CN(C)C(=O)N2. The van der Waals surface area contributed by atoms with Gasteiger partial charge in [0.15, 0.2) is 0 Å². The third-order valence-electron chi connectivity index (χ3n) is 4.43. The highest BCUT2D eigenvalue weighted by Crippen LogP contribution is 2.38. The first-order chi connectivity index (χ1) is 10.2. The molecule has 1 aromatic carbocycles. The lowest BCUT2D eigenvalue weighted by Gasteiger charge is -2.27. The molecule has 0 aromatic heterocycles. The number of amides is 2. The Morgan fingerprint density at radius 2 is 2.24 bits per heavy atom. The fourth-order valence-electron chi connectivity index (χ4n) is 2.96. The molecule has 1 fully saturated rings. The second kappa shape index (κ2) is 6.06. The lowest BCUT2D eigenvalue weighted by Crippen LogP contribution is -2.35. The first-order valence-corrected chi connectivity index (χ1v) is 8.05. The lowest BCUT2D eigenvalue weighted by molar-refractivity contribution is 0.218. The van der Waals surface area contributed by atoms with Crippen LogP contribution in [0.1, 0.15) is 49.8 Å². The highest BCUT2D eigenvalue weighted by molar-refractivity contribution is 5.92. The van der Waals surface area contributed by atoms with Gasteiger partial charge in [-0.1, -0.05) is 31.9 Å². The van der Waals surface area contributed by atoms with Crippen molar-refractivity contribution in [1.82, 2.24) is 10.2 Å². The summed E-state index contributed by atoms with van der Waals surface area (Å²) < 4.78 is 0. The average Bonchev–Trinajstić information content (AvgIpc) is 3.28. The fraction of sp³-hybridized carbons (Fsp3) is 0.588. The van der Waals surface area contributed by atoms with Crippen LogP contribution in [0, 0.1) is 5.92 Å².